The van der Waals surface area contributed by atoms with Gasteiger partial charge in [-0.3, -0.25) is 9.59 Å². The molecule has 3 aliphatic heterocycles. The van der Waals surface area contributed by atoms with E-state index in [-0.39, 0.29) is 17.4 Å². The van der Waals surface area contributed by atoms with Crippen LogP contribution < -0.4 is 0 Å². The zero-order valence-electron chi connectivity index (χ0n) is 13.9. The molecule has 3 heterocycles. The van der Waals surface area contributed by atoms with E-state index >= 15 is 0 Å². The maximum Gasteiger partial charge on any atom is 0.254 e. The zero-order chi connectivity index (χ0) is 16.6. The van der Waals surface area contributed by atoms with Crippen LogP contribution in [0.5, 0.6) is 0 Å². The predicted molar refractivity (Wildman–Crippen MR) is 89.6 cm³/mol. The van der Waals surface area contributed by atoms with Crippen molar-refractivity contribution in [3.63, 3.8) is 0 Å². The van der Waals surface area contributed by atoms with Gasteiger partial charge in [-0.1, -0.05) is 18.2 Å². The van der Waals surface area contributed by atoms with Crippen LogP contribution in [0.4, 0.5) is 0 Å². The quantitative estimate of drug-likeness (QED) is 0.852. The van der Waals surface area contributed by atoms with Crippen molar-refractivity contribution in [1.29, 1.82) is 0 Å². The Balaban J connectivity index is 1.28. The molecule has 1 aromatic rings. The van der Waals surface area contributed by atoms with E-state index in [0.717, 1.165) is 37.9 Å². The van der Waals surface area contributed by atoms with Crippen LogP contribution in [0.25, 0.3) is 0 Å². The second kappa shape index (κ2) is 6.20. The lowest BCUT2D eigenvalue weighted by Gasteiger charge is -2.47. The summed E-state index contributed by atoms with van der Waals surface area (Å²) in [5.74, 6) is 0.642. The number of rotatable bonds is 3. The third-order valence-electron chi connectivity index (χ3n) is 5.47. The van der Waals surface area contributed by atoms with Crippen LogP contribution in [-0.2, 0) is 9.53 Å². The van der Waals surface area contributed by atoms with Gasteiger partial charge in [0.1, 0.15) is 5.60 Å². The lowest BCUT2D eigenvalue weighted by atomic mass is 9.85. The summed E-state index contributed by atoms with van der Waals surface area (Å²) in [6.45, 7) is 3.77. The molecule has 5 nitrogen and oxygen atoms in total. The molecule has 3 aliphatic rings. The highest BCUT2D eigenvalue weighted by atomic mass is 16.5. The molecule has 3 saturated heterocycles. The van der Waals surface area contributed by atoms with E-state index < -0.39 is 0 Å². The fraction of sp³-hybridized carbons (Fsp3) is 0.579. The first-order chi connectivity index (χ1) is 11.7. The molecule has 128 valence electrons. The summed E-state index contributed by atoms with van der Waals surface area (Å²) >= 11 is 0. The van der Waals surface area contributed by atoms with E-state index in [1.165, 1.54) is 0 Å². The number of benzene rings is 1. The van der Waals surface area contributed by atoms with Crippen molar-refractivity contribution in [1.82, 2.24) is 9.80 Å². The average Bonchev–Trinajstić information content (AvgIpc) is 3.23. The van der Waals surface area contributed by atoms with Gasteiger partial charge in [0.2, 0.25) is 5.91 Å². The van der Waals surface area contributed by atoms with Crippen molar-refractivity contribution in [2.24, 2.45) is 5.92 Å². The van der Waals surface area contributed by atoms with Crippen LogP contribution in [-0.4, -0.2) is 60.0 Å². The minimum Gasteiger partial charge on any atom is -0.371 e. The highest BCUT2D eigenvalue weighted by Crippen LogP contribution is 2.39. The van der Waals surface area contributed by atoms with Crippen molar-refractivity contribution in [3.05, 3.63) is 35.9 Å². The highest BCUT2D eigenvalue weighted by Gasteiger charge is 2.51. The fourth-order valence-corrected chi connectivity index (χ4v) is 4.19. The van der Waals surface area contributed by atoms with Crippen molar-refractivity contribution in [2.75, 3.05) is 32.8 Å². The van der Waals surface area contributed by atoms with Crippen molar-refractivity contribution in [2.45, 2.75) is 31.3 Å². The Bertz CT molecular complexity index is 619. The molecule has 1 aromatic carbocycles. The molecule has 0 aliphatic carbocycles. The highest BCUT2D eigenvalue weighted by molar-refractivity contribution is 5.94. The van der Waals surface area contributed by atoms with Crippen LogP contribution in [0.2, 0.25) is 0 Å². The molecule has 2 amide bonds. The van der Waals surface area contributed by atoms with Gasteiger partial charge in [0.05, 0.1) is 19.7 Å². The fourth-order valence-electron chi connectivity index (χ4n) is 4.19. The van der Waals surface area contributed by atoms with Crippen molar-refractivity contribution < 1.29 is 14.3 Å². The number of carbonyl (C=O) groups is 2. The maximum atomic E-state index is 12.4. The number of amides is 2. The van der Waals surface area contributed by atoms with Crippen LogP contribution >= 0.6 is 0 Å². The lowest BCUT2D eigenvalue weighted by molar-refractivity contribution is -0.131. The zero-order valence-corrected chi connectivity index (χ0v) is 13.9. The molecule has 0 saturated carbocycles. The standard InChI is InChI=1S/C19H24N2O3/c22-17(20-8-4-5-9-20)10-15-11-19(24-12-15)13-21(14-19)18(23)16-6-2-1-3-7-16/h1-3,6-7,15H,4-5,8-14H2. The third kappa shape index (κ3) is 2.93. The summed E-state index contributed by atoms with van der Waals surface area (Å²) in [6.07, 6.45) is 3.75. The van der Waals surface area contributed by atoms with Gasteiger partial charge in [-0.05, 0) is 37.3 Å². The molecular weight excluding hydrogens is 304 g/mol. The molecular formula is C19H24N2O3. The van der Waals surface area contributed by atoms with Gasteiger partial charge in [0.15, 0.2) is 0 Å². The second-order valence-corrected chi connectivity index (χ2v) is 7.38. The van der Waals surface area contributed by atoms with Gasteiger partial charge in [-0.2, -0.15) is 0 Å². The molecule has 4 rings (SSSR count). The summed E-state index contributed by atoms with van der Waals surface area (Å²) in [6, 6.07) is 9.38. The number of hydrogen-bond acceptors (Lipinski definition) is 3. The van der Waals surface area contributed by atoms with Crippen molar-refractivity contribution in [3.8, 4) is 0 Å². The largest absolute Gasteiger partial charge is 0.371 e. The molecule has 0 N–H and O–H groups in total. The minimum atomic E-state index is -0.208. The topological polar surface area (TPSA) is 49.9 Å². The van der Waals surface area contributed by atoms with Gasteiger partial charge in [-0.15, -0.1) is 0 Å². The van der Waals surface area contributed by atoms with Gasteiger partial charge >= 0.3 is 0 Å². The van der Waals surface area contributed by atoms with E-state index in [2.05, 4.69) is 0 Å². The first-order valence-corrected chi connectivity index (χ1v) is 8.91. The Morgan fingerprint density at radius 3 is 2.50 bits per heavy atom. The normalized spacial score (nSPS) is 25.1. The first kappa shape index (κ1) is 15.6. The van der Waals surface area contributed by atoms with E-state index in [0.29, 0.717) is 32.0 Å². The third-order valence-corrected chi connectivity index (χ3v) is 5.47. The van der Waals surface area contributed by atoms with Crippen molar-refractivity contribution >= 4 is 11.8 Å². The Morgan fingerprint density at radius 1 is 1.08 bits per heavy atom. The first-order valence-electron chi connectivity index (χ1n) is 8.91. The summed E-state index contributed by atoms with van der Waals surface area (Å²) in [7, 11) is 0. The Morgan fingerprint density at radius 2 is 1.79 bits per heavy atom. The van der Waals surface area contributed by atoms with E-state index in [4.69, 9.17) is 4.74 Å². The second-order valence-electron chi connectivity index (χ2n) is 7.38. The summed E-state index contributed by atoms with van der Waals surface area (Å²) in [5, 5.41) is 0. The minimum absolute atomic E-state index is 0.0708. The van der Waals surface area contributed by atoms with Crippen LogP contribution in [0.3, 0.4) is 0 Å². The van der Waals surface area contributed by atoms with E-state index in [1.807, 2.05) is 40.1 Å². The number of hydrogen-bond donors (Lipinski definition) is 0. The van der Waals surface area contributed by atoms with Gasteiger partial charge in [0.25, 0.3) is 5.91 Å². The Labute approximate surface area is 142 Å². The van der Waals surface area contributed by atoms with Crippen LogP contribution in [0, 0.1) is 5.92 Å². The summed E-state index contributed by atoms with van der Waals surface area (Å²) in [5.41, 5.74) is 0.520. The Kier molecular flexibility index (Phi) is 4.04. The molecule has 3 fully saturated rings. The average molecular weight is 328 g/mol. The van der Waals surface area contributed by atoms with E-state index in [1.54, 1.807) is 0 Å². The molecule has 1 unspecified atom stereocenters. The number of ether oxygens (including phenoxy) is 1. The SMILES string of the molecule is O=C(CC1COC2(C1)CN(C(=O)c1ccccc1)C2)N1CCCC1. The molecule has 5 heteroatoms. The lowest BCUT2D eigenvalue weighted by Crippen LogP contribution is -2.63. The van der Waals surface area contributed by atoms with Crippen LogP contribution in [0.1, 0.15) is 36.0 Å². The summed E-state index contributed by atoms with van der Waals surface area (Å²) in [4.78, 5) is 28.5. The Hall–Kier alpha value is -1.88. The van der Waals surface area contributed by atoms with Gasteiger partial charge in [0, 0.05) is 25.1 Å². The maximum absolute atomic E-state index is 12.4. The number of nitrogens with zero attached hydrogens (tertiary/aromatic N) is 2. The number of likely N-dealkylation sites (tertiary alicyclic amines) is 2. The molecule has 1 atom stereocenters. The predicted octanol–water partition coefficient (Wildman–Crippen LogP) is 1.93. The molecule has 0 radical (unpaired) electrons. The molecule has 0 bridgehead atoms. The smallest absolute Gasteiger partial charge is 0.254 e. The van der Waals surface area contributed by atoms with Gasteiger partial charge in [-0.25, -0.2) is 0 Å². The van der Waals surface area contributed by atoms with E-state index in [9.17, 15) is 9.59 Å². The molecule has 1 spiro atoms. The number of carbonyl (C=O) groups excluding carboxylic acids is 2. The van der Waals surface area contributed by atoms with Crippen LogP contribution in [0.15, 0.2) is 30.3 Å². The summed E-state index contributed by atoms with van der Waals surface area (Å²) < 4.78 is 6.00. The van der Waals surface area contributed by atoms with Gasteiger partial charge < -0.3 is 14.5 Å². The molecule has 24 heavy (non-hydrogen) atoms. The molecule has 0 aromatic heterocycles. The monoisotopic (exact) mass is 328 g/mol.